The lowest BCUT2D eigenvalue weighted by atomic mass is 10.0. The summed E-state index contributed by atoms with van der Waals surface area (Å²) in [6, 6.07) is 0. The molecule has 1 heterocycles. The molecule has 0 bridgehead atoms. The van der Waals surface area contributed by atoms with Crippen LogP contribution in [0.4, 0.5) is 0 Å². The van der Waals surface area contributed by atoms with Crippen molar-refractivity contribution in [3.8, 4) is 0 Å². The topological polar surface area (TPSA) is 29.5 Å². The van der Waals surface area contributed by atoms with E-state index < -0.39 is 0 Å². The van der Waals surface area contributed by atoms with Gasteiger partial charge >= 0.3 is 0 Å². The first kappa shape index (κ1) is 12.0. The van der Waals surface area contributed by atoms with Gasteiger partial charge in [0.25, 0.3) is 0 Å². The van der Waals surface area contributed by atoms with Crippen molar-refractivity contribution in [2.24, 2.45) is 0 Å². The molecule has 0 spiro atoms. The van der Waals surface area contributed by atoms with Gasteiger partial charge < -0.3 is 9.64 Å². The third kappa shape index (κ3) is 3.51. The zero-order chi connectivity index (χ0) is 11.1. The van der Waals surface area contributed by atoms with Crippen LogP contribution in [0.1, 0.15) is 19.3 Å². The summed E-state index contributed by atoms with van der Waals surface area (Å²) < 4.78 is 5.28. The van der Waals surface area contributed by atoms with Crippen molar-refractivity contribution in [3.63, 3.8) is 0 Å². The molecule has 1 saturated heterocycles. The number of ether oxygens (including phenoxy) is 1. The highest BCUT2D eigenvalue weighted by molar-refractivity contribution is 5.81. The van der Waals surface area contributed by atoms with E-state index in [9.17, 15) is 4.79 Å². The summed E-state index contributed by atoms with van der Waals surface area (Å²) in [5.74, 6) is 0.372. The molecule has 2 rings (SSSR count). The third-order valence-electron chi connectivity index (χ3n) is 2.64. The van der Waals surface area contributed by atoms with Crippen molar-refractivity contribution in [1.29, 1.82) is 0 Å². The molecule has 0 saturated carbocycles. The normalized spacial score (nSPS) is 21.5. The first-order valence-electron chi connectivity index (χ1n) is 5.40. The van der Waals surface area contributed by atoms with Gasteiger partial charge in [-0.1, -0.05) is 6.08 Å². The Morgan fingerprint density at radius 2 is 1.87 bits per heavy atom. The highest BCUT2D eigenvalue weighted by Gasteiger charge is 2.17. The Bertz CT molecular complexity index is 242. The third-order valence-corrected chi connectivity index (χ3v) is 2.64. The number of carbonyl (C=O) groups is 1. The lowest BCUT2D eigenvalue weighted by molar-refractivity contribution is -0.118. The van der Waals surface area contributed by atoms with Crippen LogP contribution in [0.15, 0.2) is 24.9 Å². The summed E-state index contributed by atoms with van der Waals surface area (Å²) >= 11 is 0. The van der Waals surface area contributed by atoms with Crippen molar-refractivity contribution < 1.29 is 9.53 Å². The number of carbonyl (C=O) groups excluding carboxylic acids is 1. The van der Waals surface area contributed by atoms with E-state index >= 15 is 0 Å². The molecule has 1 fully saturated rings. The predicted octanol–water partition coefficient (Wildman–Crippen LogP) is 1.76. The SMILES string of the molecule is C=C.O=C1CC=C(N2CCOCC2)CC1. The maximum absolute atomic E-state index is 11.0. The summed E-state index contributed by atoms with van der Waals surface area (Å²) in [6.07, 6.45) is 4.37. The van der Waals surface area contributed by atoms with E-state index in [1.165, 1.54) is 5.70 Å². The Labute approximate surface area is 91.4 Å². The summed E-state index contributed by atoms with van der Waals surface area (Å²) in [6.45, 7) is 9.62. The fourth-order valence-corrected chi connectivity index (χ4v) is 1.84. The van der Waals surface area contributed by atoms with E-state index in [2.05, 4.69) is 24.1 Å². The van der Waals surface area contributed by atoms with E-state index in [0.29, 0.717) is 12.2 Å². The average molecular weight is 209 g/mol. The van der Waals surface area contributed by atoms with Crippen molar-refractivity contribution in [1.82, 2.24) is 4.90 Å². The Morgan fingerprint density at radius 3 is 2.40 bits per heavy atom. The minimum atomic E-state index is 0.372. The Balaban J connectivity index is 0.000000531. The Kier molecular flexibility index (Phi) is 5.12. The molecule has 0 unspecified atom stereocenters. The molecule has 1 aliphatic carbocycles. The van der Waals surface area contributed by atoms with E-state index in [0.717, 1.165) is 39.1 Å². The maximum atomic E-state index is 11.0. The predicted molar refractivity (Wildman–Crippen MR) is 60.6 cm³/mol. The molecule has 1 aliphatic heterocycles. The summed E-state index contributed by atoms with van der Waals surface area (Å²) in [7, 11) is 0. The van der Waals surface area contributed by atoms with Crippen LogP contribution in [0.3, 0.4) is 0 Å². The van der Waals surface area contributed by atoms with E-state index in [1.54, 1.807) is 0 Å². The Hall–Kier alpha value is -1.09. The van der Waals surface area contributed by atoms with Crippen LogP contribution < -0.4 is 0 Å². The van der Waals surface area contributed by atoms with Crippen molar-refractivity contribution in [3.05, 3.63) is 24.9 Å². The molecule has 2 aliphatic rings. The Morgan fingerprint density at radius 1 is 1.20 bits per heavy atom. The first-order valence-corrected chi connectivity index (χ1v) is 5.40. The molecule has 0 N–H and O–H groups in total. The zero-order valence-corrected chi connectivity index (χ0v) is 9.21. The highest BCUT2D eigenvalue weighted by Crippen LogP contribution is 2.19. The lowest BCUT2D eigenvalue weighted by Crippen LogP contribution is -2.36. The van der Waals surface area contributed by atoms with Crippen LogP contribution in [0.2, 0.25) is 0 Å². The zero-order valence-electron chi connectivity index (χ0n) is 9.21. The number of hydrogen-bond donors (Lipinski definition) is 0. The van der Waals surface area contributed by atoms with Gasteiger partial charge in [0.1, 0.15) is 5.78 Å². The second kappa shape index (κ2) is 6.40. The van der Waals surface area contributed by atoms with Gasteiger partial charge in [-0.05, 0) is 6.42 Å². The molecule has 0 atom stereocenters. The highest BCUT2D eigenvalue weighted by atomic mass is 16.5. The van der Waals surface area contributed by atoms with Crippen LogP contribution in [0, 0.1) is 0 Å². The number of hydrogen-bond acceptors (Lipinski definition) is 3. The number of morpholine rings is 1. The number of nitrogens with zero attached hydrogens (tertiary/aromatic N) is 1. The van der Waals surface area contributed by atoms with E-state index in [1.807, 2.05) is 0 Å². The fourth-order valence-electron chi connectivity index (χ4n) is 1.84. The maximum Gasteiger partial charge on any atom is 0.137 e. The monoisotopic (exact) mass is 209 g/mol. The molecule has 0 aromatic heterocycles. The van der Waals surface area contributed by atoms with Gasteiger partial charge in [0.05, 0.1) is 13.2 Å². The molecule has 0 amide bonds. The number of Topliss-reactive ketones (excluding diaryl/α,β-unsaturated/α-hetero) is 1. The van der Waals surface area contributed by atoms with Crippen molar-refractivity contribution >= 4 is 5.78 Å². The summed E-state index contributed by atoms with van der Waals surface area (Å²) in [5.41, 5.74) is 1.35. The van der Waals surface area contributed by atoms with Crippen molar-refractivity contribution in [2.75, 3.05) is 26.3 Å². The second-order valence-electron chi connectivity index (χ2n) is 3.54. The second-order valence-corrected chi connectivity index (χ2v) is 3.54. The minimum absolute atomic E-state index is 0.372. The molecule has 3 heteroatoms. The number of allylic oxidation sites excluding steroid dienone is 2. The smallest absolute Gasteiger partial charge is 0.137 e. The van der Waals surface area contributed by atoms with Crippen LogP contribution in [0.5, 0.6) is 0 Å². The van der Waals surface area contributed by atoms with E-state index in [-0.39, 0.29) is 0 Å². The van der Waals surface area contributed by atoms with Gasteiger partial charge in [-0.3, -0.25) is 4.79 Å². The molecule has 0 aromatic rings. The average Bonchev–Trinajstić information content (AvgIpc) is 2.34. The number of ketones is 1. The van der Waals surface area contributed by atoms with Gasteiger partial charge in [-0.2, -0.15) is 0 Å². The number of rotatable bonds is 1. The van der Waals surface area contributed by atoms with Crippen molar-refractivity contribution in [2.45, 2.75) is 19.3 Å². The molecule has 15 heavy (non-hydrogen) atoms. The van der Waals surface area contributed by atoms with Gasteiger partial charge in [0, 0.05) is 31.6 Å². The fraction of sp³-hybridized carbons (Fsp3) is 0.583. The van der Waals surface area contributed by atoms with Crippen LogP contribution in [0.25, 0.3) is 0 Å². The van der Waals surface area contributed by atoms with Gasteiger partial charge in [-0.15, -0.1) is 13.2 Å². The van der Waals surface area contributed by atoms with Gasteiger partial charge in [0.2, 0.25) is 0 Å². The molecule has 84 valence electrons. The molecule has 3 nitrogen and oxygen atoms in total. The minimum Gasteiger partial charge on any atom is -0.378 e. The van der Waals surface area contributed by atoms with E-state index in [4.69, 9.17) is 4.74 Å². The van der Waals surface area contributed by atoms with Crippen LogP contribution in [-0.2, 0) is 9.53 Å². The molecule has 0 aromatic carbocycles. The molecular formula is C12H19NO2. The standard InChI is InChI=1S/C10H15NO2.C2H4/c12-10-3-1-9(2-4-10)11-5-7-13-8-6-11;1-2/h1H,2-8H2;1-2H2. The molecule has 0 radical (unpaired) electrons. The quantitative estimate of drug-likeness (QED) is 0.616. The molecular weight excluding hydrogens is 190 g/mol. The summed E-state index contributed by atoms with van der Waals surface area (Å²) in [4.78, 5) is 13.3. The van der Waals surface area contributed by atoms with Crippen LogP contribution in [-0.4, -0.2) is 37.0 Å². The summed E-state index contributed by atoms with van der Waals surface area (Å²) in [5, 5.41) is 0. The largest absolute Gasteiger partial charge is 0.378 e. The first-order chi connectivity index (χ1) is 7.36. The van der Waals surface area contributed by atoms with Gasteiger partial charge in [-0.25, -0.2) is 0 Å². The van der Waals surface area contributed by atoms with Crippen LogP contribution >= 0.6 is 0 Å². The lowest BCUT2D eigenvalue weighted by Gasteiger charge is -2.32. The van der Waals surface area contributed by atoms with Gasteiger partial charge in [0.15, 0.2) is 0 Å².